The van der Waals surface area contributed by atoms with Gasteiger partial charge in [0.25, 0.3) is 0 Å². The maximum absolute atomic E-state index is 12.4. The van der Waals surface area contributed by atoms with Crippen molar-refractivity contribution in [1.82, 2.24) is 10.2 Å². The second-order valence-corrected chi connectivity index (χ2v) is 5.04. The Kier molecular flexibility index (Phi) is 4.37. The van der Waals surface area contributed by atoms with E-state index in [9.17, 15) is 4.79 Å². The number of aryl methyl sites for hydroxylation is 1. The zero-order chi connectivity index (χ0) is 13.0. The maximum atomic E-state index is 12.4. The van der Waals surface area contributed by atoms with Crippen LogP contribution in [0.2, 0.25) is 0 Å². The van der Waals surface area contributed by atoms with Crippen molar-refractivity contribution in [1.29, 1.82) is 0 Å². The van der Waals surface area contributed by atoms with Crippen molar-refractivity contribution in [2.45, 2.75) is 32.2 Å². The summed E-state index contributed by atoms with van der Waals surface area (Å²) in [6.07, 6.45) is 2.79. The summed E-state index contributed by atoms with van der Waals surface area (Å²) in [6.45, 7) is 3.88. The molecule has 3 nitrogen and oxygen atoms in total. The minimum absolute atomic E-state index is 0.266. The quantitative estimate of drug-likeness (QED) is 0.878. The highest BCUT2D eigenvalue weighted by Gasteiger charge is 2.27. The van der Waals surface area contributed by atoms with Crippen molar-refractivity contribution in [3.05, 3.63) is 35.4 Å². The second kappa shape index (κ2) is 6.01. The molecule has 1 unspecified atom stereocenters. The lowest BCUT2D eigenvalue weighted by molar-refractivity contribution is -0.131. The Labute approximate surface area is 109 Å². The lowest BCUT2D eigenvalue weighted by Gasteiger charge is -2.25. The number of carbonyl (C=O) groups is 1. The predicted octanol–water partition coefficient (Wildman–Crippen LogP) is 1.75. The van der Waals surface area contributed by atoms with Crippen molar-refractivity contribution in [2.24, 2.45) is 0 Å². The highest BCUT2D eigenvalue weighted by molar-refractivity contribution is 5.79. The monoisotopic (exact) mass is 246 g/mol. The van der Waals surface area contributed by atoms with E-state index in [4.69, 9.17) is 0 Å². The summed E-state index contributed by atoms with van der Waals surface area (Å²) < 4.78 is 0. The van der Waals surface area contributed by atoms with Gasteiger partial charge in [-0.15, -0.1) is 0 Å². The Morgan fingerprint density at radius 3 is 2.94 bits per heavy atom. The number of nitrogens with one attached hydrogen (secondary N) is 1. The van der Waals surface area contributed by atoms with Crippen LogP contribution in [0.25, 0.3) is 0 Å². The van der Waals surface area contributed by atoms with E-state index in [0.29, 0.717) is 12.5 Å². The van der Waals surface area contributed by atoms with Crippen LogP contribution in [0.15, 0.2) is 24.3 Å². The molecule has 0 radical (unpaired) electrons. The Hall–Kier alpha value is -1.35. The van der Waals surface area contributed by atoms with Crippen molar-refractivity contribution < 1.29 is 4.79 Å². The average molecular weight is 246 g/mol. The standard InChI is InChI=1S/C15H22N2O/c1-12-6-3-4-7-13(12)10-15(18)17-9-5-8-14(17)11-16-2/h3-4,6-7,14,16H,5,8-11H2,1-2H3. The number of benzene rings is 1. The molecule has 0 aromatic heterocycles. The molecule has 1 aromatic rings. The third kappa shape index (κ3) is 2.91. The molecule has 1 atom stereocenters. The highest BCUT2D eigenvalue weighted by Crippen LogP contribution is 2.19. The van der Waals surface area contributed by atoms with Gasteiger partial charge < -0.3 is 10.2 Å². The third-order valence-corrected chi connectivity index (χ3v) is 3.74. The van der Waals surface area contributed by atoms with Gasteiger partial charge in [0, 0.05) is 19.1 Å². The van der Waals surface area contributed by atoms with Crippen LogP contribution in [0.3, 0.4) is 0 Å². The molecule has 2 rings (SSSR count). The molecule has 1 heterocycles. The molecule has 1 aliphatic heterocycles. The van der Waals surface area contributed by atoms with Crippen molar-refractivity contribution in [3.63, 3.8) is 0 Å². The summed E-state index contributed by atoms with van der Waals surface area (Å²) in [4.78, 5) is 14.4. The molecule has 1 saturated heterocycles. The normalized spacial score (nSPS) is 19.2. The SMILES string of the molecule is CNCC1CCCN1C(=O)Cc1ccccc1C. The van der Waals surface area contributed by atoms with Crippen LogP contribution in [-0.4, -0.2) is 37.0 Å². The van der Waals surface area contributed by atoms with Crippen LogP contribution in [0.1, 0.15) is 24.0 Å². The van der Waals surface area contributed by atoms with Gasteiger partial charge in [-0.3, -0.25) is 4.79 Å². The van der Waals surface area contributed by atoms with Crippen LogP contribution in [0.4, 0.5) is 0 Å². The van der Waals surface area contributed by atoms with Gasteiger partial charge in [-0.2, -0.15) is 0 Å². The molecule has 1 fully saturated rings. The molecule has 0 spiro atoms. The summed E-state index contributed by atoms with van der Waals surface area (Å²) >= 11 is 0. The predicted molar refractivity (Wildman–Crippen MR) is 73.5 cm³/mol. The fraction of sp³-hybridized carbons (Fsp3) is 0.533. The summed E-state index contributed by atoms with van der Waals surface area (Å²) in [5.74, 6) is 0.266. The van der Waals surface area contributed by atoms with Crippen LogP contribution in [-0.2, 0) is 11.2 Å². The van der Waals surface area contributed by atoms with Crippen LogP contribution in [0.5, 0.6) is 0 Å². The summed E-state index contributed by atoms with van der Waals surface area (Å²) in [5, 5.41) is 3.18. The van der Waals surface area contributed by atoms with E-state index in [0.717, 1.165) is 31.5 Å². The molecule has 0 bridgehead atoms. The minimum Gasteiger partial charge on any atom is -0.338 e. The third-order valence-electron chi connectivity index (χ3n) is 3.74. The highest BCUT2D eigenvalue weighted by atomic mass is 16.2. The molecule has 3 heteroatoms. The lowest BCUT2D eigenvalue weighted by Crippen LogP contribution is -2.41. The van der Waals surface area contributed by atoms with Gasteiger partial charge in [0.1, 0.15) is 0 Å². The van der Waals surface area contributed by atoms with Crippen molar-refractivity contribution in [2.75, 3.05) is 20.1 Å². The minimum atomic E-state index is 0.266. The molecule has 1 aliphatic rings. The first-order chi connectivity index (χ1) is 8.72. The van der Waals surface area contributed by atoms with Crippen LogP contribution < -0.4 is 5.32 Å². The smallest absolute Gasteiger partial charge is 0.227 e. The van der Waals surface area contributed by atoms with E-state index in [2.05, 4.69) is 24.4 Å². The Bertz CT molecular complexity index is 417. The molecule has 1 aromatic carbocycles. The van der Waals surface area contributed by atoms with E-state index in [1.54, 1.807) is 0 Å². The average Bonchev–Trinajstić information content (AvgIpc) is 2.81. The zero-order valence-corrected chi connectivity index (χ0v) is 11.3. The number of hydrogen-bond acceptors (Lipinski definition) is 2. The van der Waals surface area contributed by atoms with Gasteiger partial charge in [0.2, 0.25) is 5.91 Å². The fourth-order valence-electron chi connectivity index (χ4n) is 2.68. The van der Waals surface area contributed by atoms with Gasteiger partial charge in [-0.1, -0.05) is 24.3 Å². The summed E-state index contributed by atoms with van der Waals surface area (Å²) in [5.41, 5.74) is 2.35. The molecule has 1 amide bonds. The van der Waals surface area contributed by atoms with E-state index < -0.39 is 0 Å². The Morgan fingerprint density at radius 1 is 1.44 bits per heavy atom. The van der Waals surface area contributed by atoms with Gasteiger partial charge in [0.15, 0.2) is 0 Å². The number of likely N-dealkylation sites (N-methyl/N-ethyl adjacent to an activating group) is 1. The first-order valence-electron chi connectivity index (χ1n) is 6.71. The summed E-state index contributed by atoms with van der Waals surface area (Å²) in [7, 11) is 1.95. The Balaban J connectivity index is 2.01. The van der Waals surface area contributed by atoms with E-state index in [-0.39, 0.29) is 5.91 Å². The first-order valence-corrected chi connectivity index (χ1v) is 6.71. The van der Waals surface area contributed by atoms with E-state index in [1.807, 2.05) is 24.1 Å². The molecule has 0 saturated carbocycles. The van der Waals surface area contributed by atoms with Crippen LogP contribution >= 0.6 is 0 Å². The number of likely N-dealkylation sites (tertiary alicyclic amines) is 1. The maximum Gasteiger partial charge on any atom is 0.227 e. The molecular formula is C15H22N2O. The first kappa shape index (κ1) is 13.1. The number of rotatable bonds is 4. The Morgan fingerprint density at radius 2 is 2.22 bits per heavy atom. The lowest BCUT2D eigenvalue weighted by atomic mass is 10.1. The molecule has 1 N–H and O–H groups in total. The second-order valence-electron chi connectivity index (χ2n) is 5.04. The van der Waals surface area contributed by atoms with Gasteiger partial charge >= 0.3 is 0 Å². The van der Waals surface area contributed by atoms with Gasteiger partial charge in [-0.05, 0) is 37.9 Å². The van der Waals surface area contributed by atoms with Crippen molar-refractivity contribution in [3.8, 4) is 0 Å². The number of amides is 1. The van der Waals surface area contributed by atoms with Gasteiger partial charge in [-0.25, -0.2) is 0 Å². The van der Waals surface area contributed by atoms with Crippen molar-refractivity contribution >= 4 is 5.91 Å². The molecular weight excluding hydrogens is 224 g/mol. The molecule has 0 aliphatic carbocycles. The largest absolute Gasteiger partial charge is 0.338 e. The van der Waals surface area contributed by atoms with E-state index >= 15 is 0 Å². The van der Waals surface area contributed by atoms with Crippen LogP contribution in [0, 0.1) is 6.92 Å². The molecule has 98 valence electrons. The number of carbonyl (C=O) groups excluding carboxylic acids is 1. The fourth-order valence-corrected chi connectivity index (χ4v) is 2.68. The number of hydrogen-bond donors (Lipinski definition) is 1. The van der Waals surface area contributed by atoms with Gasteiger partial charge in [0.05, 0.1) is 6.42 Å². The summed E-state index contributed by atoms with van der Waals surface area (Å²) in [6, 6.07) is 8.52. The molecule has 18 heavy (non-hydrogen) atoms. The van der Waals surface area contributed by atoms with E-state index in [1.165, 1.54) is 5.56 Å². The topological polar surface area (TPSA) is 32.3 Å². The zero-order valence-electron chi connectivity index (χ0n) is 11.3. The number of nitrogens with zero attached hydrogens (tertiary/aromatic N) is 1.